The molecule has 1 saturated heterocycles. The normalized spacial score (nSPS) is 23.4. The van der Waals surface area contributed by atoms with Crippen LogP contribution in [0.1, 0.15) is 31.7 Å². The average Bonchev–Trinajstić information content (AvgIpc) is 3.16. The van der Waals surface area contributed by atoms with Gasteiger partial charge in [-0.25, -0.2) is 8.42 Å². The lowest BCUT2D eigenvalue weighted by Crippen LogP contribution is -2.40. The van der Waals surface area contributed by atoms with Gasteiger partial charge < -0.3 is 5.32 Å². The van der Waals surface area contributed by atoms with Crippen molar-refractivity contribution in [2.75, 3.05) is 26.2 Å². The SMILES string of the molecule is CCN1CCC[C@@H]1CNC(=O)CCN=C1NS(=O)(=O)c2ccccc21. The molecule has 2 heterocycles. The Bertz CT molecular complexity index is 776. The average molecular weight is 364 g/mol. The Labute approximate surface area is 148 Å². The summed E-state index contributed by atoms with van der Waals surface area (Å²) in [5, 5.41) is 2.96. The predicted molar refractivity (Wildman–Crippen MR) is 96.1 cm³/mol. The predicted octanol–water partition coefficient (Wildman–Crippen LogP) is 0.716. The van der Waals surface area contributed by atoms with E-state index in [1.54, 1.807) is 24.3 Å². The molecule has 0 saturated carbocycles. The molecule has 2 aliphatic heterocycles. The third-order valence-corrected chi connectivity index (χ3v) is 6.11. The molecule has 25 heavy (non-hydrogen) atoms. The van der Waals surface area contributed by atoms with Crippen LogP contribution in [0.3, 0.4) is 0 Å². The smallest absolute Gasteiger partial charge is 0.263 e. The van der Waals surface area contributed by atoms with Crippen molar-refractivity contribution in [2.24, 2.45) is 4.99 Å². The molecule has 136 valence electrons. The van der Waals surface area contributed by atoms with Crippen molar-refractivity contribution in [1.82, 2.24) is 14.9 Å². The number of benzene rings is 1. The summed E-state index contributed by atoms with van der Waals surface area (Å²) in [6.07, 6.45) is 2.54. The zero-order valence-corrected chi connectivity index (χ0v) is 15.2. The zero-order valence-electron chi connectivity index (χ0n) is 14.4. The monoisotopic (exact) mass is 364 g/mol. The van der Waals surface area contributed by atoms with Gasteiger partial charge in [-0.05, 0) is 38.1 Å². The molecule has 1 aromatic carbocycles. The number of sulfonamides is 1. The number of hydrogen-bond donors (Lipinski definition) is 2. The summed E-state index contributed by atoms with van der Waals surface area (Å²) in [7, 11) is -3.52. The number of likely N-dealkylation sites (N-methyl/N-ethyl adjacent to an activating group) is 1. The number of amides is 1. The first-order valence-corrected chi connectivity index (χ1v) is 10.2. The van der Waals surface area contributed by atoms with Gasteiger partial charge in [0, 0.05) is 24.6 Å². The number of aliphatic imine (C=N–C) groups is 1. The number of nitrogens with one attached hydrogen (secondary N) is 2. The summed E-state index contributed by atoms with van der Waals surface area (Å²) in [6.45, 7) is 5.16. The fourth-order valence-electron chi connectivity index (χ4n) is 3.38. The van der Waals surface area contributed by atoms with Gasteiger partial charge in [-0.3, -0.25) is 19.4 Å². The topological polar surface area (TPSA) is 90.9 Å². The molecule has 3 rings (SSSR count). The van der Waals surface area contributed by atoms with Crippen LogP contribution in [0.15, 0.2) is 34.2 Å². The minimum atomic E-state index is -3.52. The van der Waals surface area contributed by atoms with E-state index < -0.39 is 10.0 Å². The maximum Gasteiger partial charge on any atom is 0.263 e. The summed E-state index contributed by atoms with van der Waals surface area (Å²) >= 11 is 0. The van der Waals surface area contributed by atoms with Crippen LogP contribution in [-0.2, 0) is 14.8 Å². The number of carbonyl (C=O) groups excluding carboxylic acids is 1. The molecule has 8 heteroatoms. The summed E-state index contributed by atoms with van der Waals surface area (Å²) in [5.74, 6) is 0.262. The van der Waals surface area contributed by atoms with Gasteiger partial charge in [0.2, 0.25) is 5.91 Å². The van der Waals surface area contributed by atoms with Crippen molar-refractivity contribution >= 4 is 21.8 Å². The lowest BCUT2D eigenvalue weighted by molar-refractivity contribution is -0.121. The molecule has 0 bridgehead atoms. The van der Waals surface area contributed by atoms with Crippen LogP contribution < -0.4 is 10.0 Å². The third-order valence-electron chi connectivity index (χ3n) is 4.71. The van der Waals surface area contributed by atoms with Crippen molar-refractivity contribution < 1.29 is 13.2 Å². The summed E-state index contributed by atoms with van der Waals surface area (Å²) < 4.78 is 26.4. The van der Waals surface area contributed by atoms with E-state index in [0.29, 0.717) is 24.0 Å². The largest absolute Gasteiger partial charge is 0.354 e. The van der Waals surface area contributed by atoms with Gasteiger partial charge in [0.15, 0.2) is 0 Å². The van der Waals surface area contributed by atoms with Crippen molar-refractivity contribution in [1.29, 1.82) is 0 Å². The van der Waals surface area contributed by atoms with Gasteiger partial charge in [0.05, 0.1) is 11.4 Å². The maximum atomic E-state index is 12.0. The number of amidine groups is 1. The number of rotatable bonds is 6. The van der Waals surface area contributed by atoms with Gasteiger partial charge in [-0.1, -0.05) is 19.1 Å². The first-order valence-electron chi connectivity index (χ1n) is 8.68. The second-order valence-corrected chi connectivity index (χ2v) is 7.96. The molecule has 0 unspecified atom stereocenters. The molecule has 0 radical (unpaired) electrons. The van der Waals surface area contributed by atoms with Gasteiger partial charge in [-0.2, -0.15) is 0 Å². The zero-order chi connectivity index (χ0) is 17.9. The Balaban J connectivity index is 1.51. The van der Waals surface area contributed by atoms with Gasteiger partial charge >= 0.3 is 0 Å². The number of hydrogen-bond acceptors (Lipinski definition) is 5. The molecule has 1 fully saturated rings. The van der Waals surface area contributed by atoms with Crippen molar-refractivity contribution in [2.45, 2.75) is 37.1 Å². The number of fused-ring (bicyclic) bond motifs is 1. The maximum absolute atomic E-state index is 12.0. The van der Waals surface area contributed by atoms with E-state index in [1.807, 2.05) is 0 Å². The summed E-state index contributed by atoms with van der Waals surface area (Å²) in [5.41, 5.74) is 0.562. The standard InChI is InChI=1S/C17H24N4O3S/c1-2-21-11-5-6-13(21)12-19-16(22)9-10-18-17-14-7-3-4-8-15(14)25(23,24)20-17/h3-4,7-8,13H,2,5-6,9-12H2,1H3,(H,18,20)(H,19,22)/t13-/m1/s1. The molecule has 1 atom stereocenters. The van der Waals surface area contributed by atoms with Crippen LogP contribution in [-0.4, -0.2) is 57.3 Å². The van der Waals surface area contributed by atoms with E-state index in [2.05, 4.69) is 26.9 Å². The Morgan fingerprint density at radius 1 is 1.40 bits per heavy atom. The summed E-state index contributed by atoms with van der Waals surface area (Å²) in [4.78, 5) is 18.9. The molecular formula is C17H24N4O3S. The Hall–Kier alpha value is -1.93. The van der Waals surface area contributed by atoms with Crippen LogP contribution >= 0.6 is 0 Å². The minimum absolute atomic E-state index is 0.0542. The molecular weight excluding hydrogens is 340 g/mol. The highest BCUT2D eigenvalue weighted by molar-refractivity contribution is 7.90. The van der Waals surface area contributed by atoms with E-state index in [9.17, 15) is 13.2 Å². The Morgan fingerprint density at radius 3 is 3.00 bits per heavy atom. The molecule has 1 aromatic rings. The van der Waals surface area contributed by atoms with E-state index in [1.165, 1.54) is 6.42 Å². The van der Waals surface area contributed by atoms with Gasteiger partial charge in [0.25, 0.3) is 10.0 Å². The second-order valence-electron chi connectivity index (χ2n) is 6.31. The molecule has 0 aliphatic carbocycles. The Morgan fingerprint density at radius 2 is 2.20 bits per heavy atom. The van der Waals surface area contributed by atoms with E-state index in [-0.39, 0.29) is 23.8 Å². The molecule has 1 amide bonds. The summed E-state index contributed by atoms with van der Waals surface area (Å²) in [6, 6.07) is 7.13. The fourth-order valence-corrected chi connectivity index (χ4v) is 4.63. The van der Waals surface area contributed by atoms with Crippen LogP contribution in [0.5, 0.6) is 0 Å². The lowest BCUT2D eigenvalue weighted by Gasteiger charge is -2.22. The van der Waals surface area contributed by atoms with Crippen molar-refractivity contribution in [3.05, 3.63) is 29.8 Å². The molecule has 0 aromatic heterocycles. The molecule has 2 aliphatic rings. The molecule has 7 nitrogen and oxygen atoms in total. The van der Waals surface area contributed by atoms with Crippen molar-refractivity contribution in [3.8, 4) is 0 Å². The van der Waals surface area contributed by atoms with Crippen LogP contribution in [0.25, 0.3) is 0 Å². The quantitative estimate of drug-likeness (QED) is 0.778. The minimum Gasteiger partial charge on any atom is -0.354 e. The first-order chi connectivity index (χ1) is 12.0. The van der Waals surface area contributed by atoms with E-state index >= 15 is 0 Å². The fraction of sp³-hybridized carbons (Fsp3) is 0.529. The van der Waals surface area contributed by atoms with E-state index in [0.717, 1.165) is 19.5 Å². The lowest BCUT2D eigenvalue weighted by atomic mass is 10.2. The van der Waals surface area contributed by atoms with Crippen LogP contribution in [0.4, 0.5) is 0 Å². The molecule has 2 N–H and O–H groups in total. The van der Waals surface area contributed by atoms with Gasteiger partial charge in [-0.15, -0.1) is 0 Å². The highest BCUT2D eigenvalue weighted by Gasteiger charge is 2.30. The molecule has 0 spiro atoms. The highest BCUT2D eigenvalue weighted by Crippen LogP contribution is 2.22. The third kappa shape index (κ3) is 4.01. The number of likely N-dealkylation sites (tertiary alicyclic amines) is 1. The number of nitrogens with zero attached hydrogens (tertiary/aromatic N) is 2. The van der Waals surface area contributed by atoms with Gasteiger partial charge in [0.1, 0.15) is 5.84 Å². The second kappa shape index (κ2) is 7.53. The van der Waals surface area contributed by atoms with Crippen molar-refractivity contribution in [3.63, 3.8) is 0 Å². The van der Waals surface area contributed by atoms with Crippen LogP contribution in [0.2, 0.25) is 0 Å². The first kappa shape index (κ1) is 17.9. The van der Waals surface area contributed by atoms with E-state index in [4.69, 9.17) is 0 Å². The highest BCUT2D eigenvalue weighted by atomic mass is 32.2. The Kier molecular flexibility index (Phi) is 5.39. The number of carbonyl (C=O) groups is 1. The van der Waals surface area contributed by atoms with Crippen LogP contribution in [0, 0.1) is 0 Å².